The highest BCUT2D eigenvalue weighted by Gasteiger charge is 2.34. The second kappa shape index (κ2) is 6.39. The zero-order valence-electron chi connectivity index (χ0n) is 13.3. The summed E-state index contributed by atoms with van der Waals surface area (Å²) in [6, 6.07) is 7.48. The molecule has 0 saturated heterocycles. The molecule has 1 aliphatic heterocycles. The predicted molar refractivity (Wildman–Crippen MR) is 83.4 cm³/mol. The van der Waals surface area contributed by atoms with E-state index in [-0.39, 0.29) is 11.8 Å². The molecule has 21 heavy (non-hydrogen) atoms. The number of hydrogen-bond acceptors (Lipinski definition) is 3. The van der Waals surface area contributed by atoms with Crippen LogP contribution in [0.3, 0.4) is 0 Å². The lowest BCUT2D eigenvalue weighted by Crippen LogP contribution is -2.40. The predicted octanol–water partition coefficient (Wildman–Crippen LogP) is 2.65. The van der Waals surface area contributed by atoms with E-state index in [2.05, 4.69) is 25.7 Å². The standard InChI is InChI=1S/C17H24N2O2/c1-12(2)11-13(3)18(4)9-10-19-16(20)14-7-5-6-8-15(14)17(19)21/h5-8,12-13H,9-11H2,1-4H3/t13-/m1/s1. The van der Waals surface area contributed by atoms with Gasteiger partial charge in [-0.1, -0.05) is 26.0 Å². The van der Waals surface area contributed by atoms with Gasteiger partial charge in [0, 0.05) is 19.1 Å². The number of imide groups is 1. The second-order valence-electron chi connectivity index (χ2n) is 6.27. The Morgan fingerprint density at radius 1 is 1.05 bits per heavy atom. The van der Waals surface area contributed by atoms with Crippen molar-refractivity contribution >= 4 is 11.8 Å². The van der Waals surface area contributed by atoms with Gasteiger partial charge in [-0.15, -0.1) is 0 Å². The van der Waals surface area contributed by atoms with Crippen molar-refractivity contribution in [1.29, 1.82) is 0 Å². The SMILES string of the molecule is CC(C)C[C@@H](C)N(C)CCN1C(=O)c2ccccc2C1=O. The fraction of sp³-hybridized carbons (Fsp3) is 0.529. The number of nitrogens with zero attached hydrogens (tertiary/aromatic N) is 2. The van der Waals surface area contributed by atoms with Gasteiger partial charge in [-0.3, -0.25) is 14.5 Å². The molecule has 114 valence electrons. The van der Waals surface area contributed by atoms with Gasteiger partial charge in [0.1, 0.15) is 0 Å². The summed E-state index contributed by atoms with van der Waals surface area (Å²) in [6.45, 7) is 7.75. The third-order valence-electron chi connectivity index (χ3n) is 4.12. The molecule has 1 heterocycles. The normalized spacial score (nSPS) is 16.0. The highest BCUT2D eigenvalue weighted by molar-refractivity contribution is 6.21. The highest BCUT2D eigenvalue weighted by atomic mass is 16.2. The van der Waals surface area contributed by atoms with E-state index in [0.717, 1.165) is 6.42 Å². The minimum atomic E-state index is -0.166. The van der Waals surface area contributed by atoms with Crippen molar-refractivity contribution in [2.45, 2.75) is 33.2 Å². The smallest absolute Gasteiger partial charge is 0.261 e. The first-order valence-electron chi connectivity index (χ1n) is 7.57. The maximum absolute atomic E-state index is 12.3. The third kappa shape index (κ3) is 3.32. The summed E-state index contributed by atoms with van der Waals surface area (Å²) in [6.07, 6.45) is 1.11. The van der Waals surface area contributed by atoms with Crippen LogP contribution in [0.2, 0.25) is 0 Å². The van der Waals surface area contributed by atoms with Crippen molar-refractivity contribution in [1.82, 2.24) is 9.80 Å². The van der Waals surface area contributed by atoms with Gasteiger partial charge in [0.25, 0.3) is 11.8 Å². The van der Waals surface area contributed by atoms with Crippen LogP contribution in [-0.2, 0) is 0 Å². The number of hydrogen-bond donors (Lipinski definition) is 0. The van der Waals surface area contributed by atoms with E-state index >= 15 is 0 Å². The maximum Gasteiger partial charge on any atom is 0.261 e. The first-order valence-corrected chi connectivity index (χ1v) is 7.57. The Morgan fingerprint density at radius 3 is 2.05 bits per heavy atom. The summed E-state index contributed by atoms with van der Waals surface area (Å²) >= 11 is 0. The Kier molecular flexibility index (Phi) is 4.78. The lowest BCUT2D eigenvalue weighted by molar-refractivity contribution is 0.0631. The molecular weight excluding hydrogens is 264 g/mol. The minimum absolute atomic E-state index is 0.166. The monoisotopic (exact) mass is 288 g/mol. The van der Waals surface area contributed by atoms with E-state index in [1.807, 2.05) is 7.05 Å². The molecule has 1 aliphatic rings. The molecule has 0 aromatic heterocycles. The van der Waals surface area contributed by atoms with E-state index in [0.29, 0.717) is 36.2 Å². The number of rotatable bonds is 6. The zero-order chi connectivity index (χ0) is 15.6. The van der Waals surface area contributed by atoms with Crippen molar-refractivity contribution in [3.05, 3.63) is 35.4 Å². The van der Waals surface area contributed by atoms with Crippen LogP contribution in [0.4, 0.5) is 0 Å². The molecule has 0 bridgehead atoms. The average molecular weight is 288 g/mol. The molecule has 4 nitrogen and oxygen atoms in total. The van der Waals surface area contributed by atoms with Gasteiger partial charge < -0.3 is 4.90 Å². The van der Waals surface area contributed by atoms with Crippen LogP contribution in [-0.4, -0.2) is 47.8 Å². The fourth-order valence-electron chi connectivity index (χ4n) is 2.78. The van der Waals surface area contributed by atoms with Crippen LogP contribution in [0, 0.1) is 5.92 Å². The molecule has 0 spiro atoms. The Bertz CT molecular complexity index is 504. The van der Waals surface area contributed by atoms with Gasteiger partial charge in [-0.2, -0.15) is 0 Å². The van der Waals surface area contributed by atoms with E-state index in [9.17, 15) is 9.59 Å². The zero-order valence-corrected chi connectivity index (χ0v) is 13.3. The van der Waals surface area contributed by atoms with Crippen molar-refractivity contribution in [2.75, 3.05) is 20.1 Å². The molecule has 4 heteroatoms. The largest absolute Gasteiger partial charge is 0.302 e. The van der Waals surface area contributed by atoms with Crippen molar-refractivity contribution in [3.63, 3.8) is 0 Å². The molecule has 0 saturated carbocycles. The summed E-state index contributed by atoms with van der Waals surface area (Å²) in [4.78, 5) is 28.1. The number of fused-ring (bicyclic) bond motifs is 1. The molecule has 0 aliphatic carbocycles. The fourth-order valence-corrected chi connectivity index (χ4v) is 2.78. The van der Waals surface area contributed by atoms with E-state index < -0.39 is 0 Å². The minimum Gasteiger partial charge on any atom is -0.302 e. The molecule has 2 amide bonds. The van der Waals surface area contributed by atoms with Gasteiger partial charge in [-0.05, 0) is 38.4 Å². The lowest BCUT2D eigenvalue weighted by Gasteiger charge is -2.27. The second-order valence-corrected chi connectivity index (χ2v) is 6.27. The Morgan fingerprint density at radius 2 is 1.57 bits per heavy atom. The maximum atomic E-state index is 12.3. The van der Waals surface area contributed by atoms with Gasteiger partial charge >= 0.3 is 0 Å². The summed E-state index contributed by atoms with van der Waals surface area (Å²) in [5, 5.41) is 0. The molecule has 1 aromatic carbocycles. The molecule has 0 fully saturated rings. The lowest BCUT2D eigenvalue weighted by atomic mass is 10.0. The first-order chi connectivity index (χ1) is 9.91. The van der Waals surface area contributed by atoms with Gasteiger partial charge in [-0.25, -0.2) is 0 Å². The molecule has 1 atom stereocenters. The third-order valence-corrected chi connectivity index (χ3v) is 4.12. The van der Waals surface area contributed by atoms with Crippen molar-refractivity contribution in [2.24, 2.45) is 5.92 Å². The molecule has 0 N–H and O–H groups in total. The van der Waals surface area contributed by atoms with Crippen LogP contribution in [0.15, 0.2) is 24.3 Å². The Hall–Kier alpha value is -1.68. The van der Waals surface area contributed by atoms with Gasteiger partial charge in [0.05, 0.1) is 11.1 Å². The van der Waals surface area contributed by atoms with Crippen molar-refractivity contribution < 1.29 is 9.59 Å². The van der Waals surface area contributed by atoms with Gasteiger partial charge in [0.2, 0.25) is 0 Å². The van der Waals surface area contributed by atoms with Crippen molar-refractivity contribution in [3.8, 4) is 0 Å². The van der Waals surface area contributed by atoms with Crippen LogP contribution in [0.1, 0.15) is 47.9 Å². The van der Waals surface area contributed by atoms with E-state index in [1.165, 1.54) is 4.90 Å². The van der Waals surface area contributed by atoms with Crippen LogP contribution >= 0.6 is 0 Å². The molecule has 2 rings (SSSR count). The summed E-state index contributed by atoms with van der Waals surface area (Å²) < 4.78 is 0. The summed E-state index contributed by atoms with van der Waals surface area (Å²) in [5.74, 6) is 0.308. The molecule has 0 unspecified atom stereocenters. The van der Waals surface area contributed by atoms with Gasteiger partial charge in [0.15, 0.2) is 0 Å². The summed E-state index contributed by atoms with van der Waals surface area (Å²) in [7, 11) is 2.05. The quantitative estimate of drug-likeness (QED) is 0.756. The summed E-state index contributed by atoms with van der Waals surface area (Å²) in [5.41, 5.74) is 1.06. The topological polar surface area (TPSA) is 40.6 Å². The number of carbonyl (C=O) groups is 2. The van der Waals surface area contributed by atoms with Crippen LogP contribution in [0.25, 0.3) is 0 Å². The number of carbonyl (C=O) groups excluding carboxylic acids is 2. The molecular formula is C17H24N2O2. The van der Waals surface area contributed by atoms with E-state index in [4.69, 9.17) is 0 Å². The first kappa shape index (κ1) is 15.7. The number of benzene rings is 1. The number of likely N-dealkylation sites (N-methyl/N-ethyl adjacent to an activating group) is 1. The molecule has 0 radical (unpaired) electrons. The number of amides is 2. The van der Waals surface area contributed by atoms with E-state index in [1.54, 1.807) is 24.3 Å². The highest BCUT2D eigenvalue weighted by Crippen LogP contribution is 2.22. The Labute approximate surface area is 126 Å². The van der Waals surface area contributed by atoms with Crippen LogP contribution < -0.4 is 0 Å². The Balaban J connectivity index is 1.96. The molecule has 1 aromatic rings. The van der Waals surface area contributed by atoms with Crippen LogP contribution in [0.5, 0.6) is 0 Å². The average Bonchev–Trinajstić information content (AvgIpc) is 2.68.